The van der Waals surface area contributed by atoms with Crippen molar-refractivity contribution in [3.05, 3.63) is 95.6 Å². The number of hydrogen-bond donors (Lipinski definition) is 0. The predicted molar refractivity (Wildman–Crippen MR) is 114 cm³/mol. The maximum absolute atomic E-state index is 5.90. The molecule has 0 radical (unpaired) electrons. The third kappa shape index (κ3) is 5.55. The molecule has 0 saturated carbocycles. The van der Waals surface area contributed by atoms with E-state index in [0.717, 1.165) is 28.3 Å². The van der Waals surface area contributed by atoms with Crippen LogP contribution >= 0.6 is 0 Å². The van der Waals surface area contributed by atoms with Crippen molar-refractivity contribution in [3.63, 3.8) is 0 Å². The zero-order valence-electron chi connectivity index (χ0n) is 16.6. The smallest absolute Gasteiger partial charge is 0.119 e. The number of nitrogens with zero attached hydrogens (tertiary/aromatic N) is 1. The van der Waals surface area contributed by atoms with Crippen LogP contribution in [0.15, 0.2) is 83.9 Å². The molecule has 0 spiro atoms. The van der Waals surface area contributed by atoms with Gasteiger partial charge >= 0.3 is 0 Å². The van der Waals surface area contributed by atoms with E-state index in [1.807, 2.05) is 30.3 Å². The van der Waals surface area contributed by atoms with Gasteiger partial charge in [0, 0.05) is 11.1 Å². The summed E-state index contributed by atoms with van der Waals surface area (Å²) in [6.07, 6.45) is 0. The highest BCUT2D eigenvalue weighted by Gasteiger charge is 2.12. The van der Waals surface area contributed by atoms with Crippen LogP contribution < -0.4 is 4.74 Å². The van der Waals surface area contributed by atoms with Gasteiger partial charge in [0.25, 0.3) is 0 Å². The molecule has 0 bridgehead atoms. The van der Waals surface area contributed by atoms with E-state index in [1.54, 1.807) is 0 Å². The van der Waals surface area contributed by atoms with Crippen molar-refractivity contribution in [1.82, 2.24) is 0 Å². The lowest BCUT2D eigenvalue weighted by molar-refractivity contribution is 0.198. The first-order chi connectivity index (χ1) is 12.9. The summed E-state index contributed by atoms with van der Waals surface area (Å²) in [5.41, 5.74) is 5.46. The number of aryl methyl sites for hydroxylation is 1. The van der Waals surface area contributed by atoms with E-state index in [9.17, 15) is 0 Å². The van der Waals surface area contributed by atoms with Gasteiger partial charge in [0.1, 0.15) is 5.75 Å². The van der Waals surface area contributed by atoms with E-state index < -0.39 is 0 Å². The van der Waals surface area contributed by atoms with Crippen LogP contribution in [0.4, 0.5) is 5.69 Å². The van der Waals surface area contributed by atoms with Crippen LogP contribution in [-0.4, -0.2) is 12.3 Å². The van der Waals surface area contributed by atoms with Crippen molar-refractivity contribution in [2.45, 2.75) is 27.7 Å². The highest BCUT2D eigenvalue weighted by atomic mass is 16.5. The molecule has 3 aromatic carbocycles. The Kier molecular flexibility index (Phi) is 5.75. The minimum atomic E-state index is 0.140. The maximum Gasteiger partial charge on any atom is 0.119 e. The van der Waals surface area contributed by atoms with Gasteiger partial charge in [-0.25, -0.2) is 4.99 Å². The molecule has 0 amide bonds. The number of benzene rings is 3. The SMILES string of the molecule is Cc1ccc(N=C(c2ccccc2)c2ccc(OCC(C)(C)C)cc2)cc1. The lowest BCUT2D eigenvalue weighted by atomic mass is 9.98. The normalized spacial score (nSPS) is 12.1. The first-order valence-corrected chi connectivity index (χ1v) is 9.35. The summed E-state index contributed by atoms with van der Waals surface area (Å²) in [6.45, 7) is 9.28. The molecule has 0 aliphatic rings. The van der Waals surface area contributed by atoms with E-state index in [-0.39, 0.29) is 5.41 Å². The van der Waals surface area contributed by atoms with Crippen molar-refractivity contribution in [1.29, 1.82) is 0 Å². The summed E-state index contributed by atoms with van der Waals surface area (Å²) < 4.78 is 5.90. The van der Waals surface area contributed by atoms with Crippen LogP contribution in [0.1, 0.15) is 37.5 Å². The van der Waals surface area contributed by atoms with Gasteiger partial charge in [-0.1, -0.05) is 68.8 Å². The number of ether oxygens (including phenoxy) is 1. The molecule has 0 aliphatic heterocycles. The average Bonchev–Trinajstić information content (AvgIpc) is 2.67. The Labute approximate surface area is 162 Å². The zero-order chi connectivity index (χ0) is 19.3. The van der Waals surface area contributed by atoms with E-state index >= 15 is 0 Å². The van der Waals surface area contributed by atoms with Gasteiger partial charge in [-0.15, -0.1) is 0 Å². The second-order valence-corrected chi connectivity index (χ2v) is 8.04. The summed E-state index contributed by atoms with van der Waals surface area (Å²) in [5, 5.41) is 0. The fourth-order valence-electron chi connectivity index (χ4n) is 2.65. The monoisotopic (exact) mass is 357 g/mol. The van der Waals surface area contributed by atoms with Crippen molar-refractivity contribution in [2.24, 2.45) is 10.4 Å². The first-order valence-electron chi connectivity index (χ1n) is 9.35. The van der Waals surface area contributed by atoms with Gasteiger partial charge in [-0.05, 0) is 48.7 Å². The second-order valence-electron chi connectivity index (χ2n) is 8.04. The van der Waals surface area contributed by atoms with Crippen molar-refractivity contribution in [3.8, 4) is 5.75 Å². The molecule has 2 nitrogen and oxygen atoms in total. The Morgan fingerprint density at radius 2 is 1.37 bits per heavy atom. The summed E-state index contributed by atoms with van der Waals surface area (Å²) >= 11 is 0. The van der Waals surface area contributed by atoms with Gasteiger partial charge < -0.3 is 4.74 Å². The minimum absolute atomic E-state index is 0.140. The average molecular weight is 357 g/mol. The quantitative estimate of drug-likeness (QED) is 0.472. The molecule has 0 N–H and O–H groups in total. The minimum Gasteiger partial charge on any atom is -0.493 e. The standard InChI is InChI=1S/C25H27NO/c1-19-10-14-22(15-11-19)26-24(20-8-6-5-7-9-20)21-12-16-23(17-13-21)27-18-25(2,3)4/h5-17H,18H2,1-4H3. The fourth-order valence-corrected chi connectivity index (χ4v) is 2.65. The first kappa shape index (κ1) is 18.9. The van der Waals surface area contributed by atoms with E-state index in [1.165, 1.54) is 5.56 Å². The highest BCUT2D eigenvalue weighted by molar-refractivity contribution is 6.14. The molecule has 0 unspecified atom stereocenters. The number of rotatable bonds is 5. The third-order valence-corrected chi connectivity index (χ3v) is 4.12. The van der Waals surface area contributed by atoms with Gasteiger partial charge in [-0.3, -0.25) is 0 Å². The van der Waals surface area contributed by atoms with Crippen molar-refractivity contribution < 1.29 is 4.74 Å². The van der Waals surface area contributed by atoms with E-state index in [4.69, 9.17) is 9.73 Å². The van der Waals surface area contributed by atoms with E-state index in [0.29, 0.717) is 6.61 Å². The summed E-state index contributed by atoms with van der Waals surface area (Å²) in [6, 6.07) is 26.8. The molecule has 138 valence electrons. The van der Waals surface area contributed by atoms with Crippen LogP contribution in [0, 0.1) is 12.3 Å². The summed E-state index contributed by atoms with van der Waals surface area (Å²) in [4.78, 5) is 4.93. The van der Waals surface area contributed by atoms with Crippen LogP contribution in [0.5, 0.6) is 5.75 Å². The van der Waals surface area contributed by atoms with Gasteiger partial charge in [0.05, 0.1) is 18.0 Å². The van der Waals surface area contributed by atoms with E-state index in [2.05, 4.69) is 76.2 Å². The van der Waals surface area contributed by atoms with Crippen LogP contribution in [-0.2, 0) is 0 Å². The molecule has 3 rings (SSSR count). The Morgan fingerprint density at radius 1 is 0.778 bits per heavy atom. The van der Waals surface area contributed by atoms with Crippen LogP contribution in [0.25, 0.3) is 0 Å². The Balaban J connectivity index is 1.92. The topological polar surface area (TPSA) is 21.6 Å². The Bertz CT molecular complexity index is 886. The van der Waals surface area contributed by atoms with Crippen LogP contribution in [0.2, 0.25) is 0 Å². The Hall–Kier alpha value is -2.87. The van der Waals surface area contributed by atoms with Gasteiger partial charge in [-0.2, -0.15) is 0 Å². The third-order valence-electron chi connectivity index (χ3n) is 4.12. The second kappa shape index (κ2) is 8.22. The molecule has 0 aliphatic carbocycles. The molecule has 2 heteroatoms. The van der Waals surface area contributed by atoms with Gasteiger partial charge in [0.2, 0.25) is 0 Å². The number of aliphatic imine (C=N–C) groups is 1. The molecule has 0 atom stereocenters. The molecule has 0 aromatic heterocycles. The molecular formula is C25H27NO. The molecular weight excluding hydrogens is 330 g/mol. The van der Waals surface area contributed by atoms with Crippen molar-refractivity contribution >= 4 is 11.4 Å². The summed E-state index contributed by atoms with van der Waals surface area (Å²) in [7, 11) is 0. The Morgan fingerprint density at radius 3 is 1.96 bits per heavy atom. The number of hydrogen-bond acceptors (Lipinski definition) is 2. The molecule has 3 aromatic rings. The maximum atomic E-state index is 5.90. The van der Waals surface area contributed by atoms with Crippen molar-refractivity contribution in [2.75, 3.05) is 6.61 Å². The molecule has 0 saturated heterocycles. The molecule has 27 heavy (non-hydrogen) atoms. The fraction of sp³-hybridized carbons (Fsp3) is 0.240. The lowest BCUT2D eigenvalue weighted by Gasteiger charge is -2.19. The molecule has 0 fully saturated rings. The zero-order valence-corrected chi connectivity index (χ0v) is 16.6. The van der Waals surface area contributed by atoms with Crippen LogP contribution in [0.3, 0.4) is 0 Å². The van der Waals surface area contributed by atoms with Gasteiger partial charge in [0.15, 0.2) is 0 Å². The highest BCUT2D eigenvalue weighted by Crippen LogP contribution is 2.22. The lowest BCUT2D eigenvalue weighted by Crippen LogP contribution is -2.16. The largest absolute Gasteiger partial charge is 0.493 e. The predicted octanol–water partition coefficient (Wildman–Crippen LogP) is 6.59. The summed E-state index contributed by atoms with van der Waals surface area (Å²) in [5.74, 6) is 0.886. The molecule has 0 heterocycles.